The van der Waals surface area contributed by atoms with E-state index in [1.807, 2.05) is 12.1 Å². The van der Waals surface area contributed by atoms with Crippen LogP contribution in [0.3, 0.4) is 0 Å². The van der Waals surface area contributed by atoms with Crippen LogP contribution in [0.15, 0.2) is 30.3 Å². The molecule has 0 aromatic rings. The third-order valence-electron chi connectivity index (χ3n) is 4.51. The van der Waals surface area contributed by atoms with Crippen LogP contribution in [0, 0.1) is 5.92 Å². The minimum atomic E-state index is -0.273. The molecular formula is C20H27NO2. The lowest BCUT2D eigenvalue weighted by molar-refractivity contribution is 0.0602. The van der Waals surface area contributed by atoms with Gasteiger partial charge < -0.3 is 10.5 Å². The summed E-state index contributed by atoms with van der Waals surface area (Å²) in [7, 11) is 1.43. The van der Waals surface area contributed by atoms with Crippen molar-refractivity contribution in [1.29, 1.82) is 0 Å². The van der Waals surface area contributed by atoms with Gasteiger partial charge in [-0.2, -0.15) is 0 Å². The Labute approximate surface area is 139 Å². The van der Waals surface area contributed by atoms with E-state index in [-0.39, 0.29) is 5.97 Å². The summed E-state index contributed by atoms with van der Waals surface area (Å²) in [6.07, 6.45) is 1.94. The van der Waals surface area contributed by atoms with Crippen molar-refractivity contribution < 1.29 is 9.53 Å². The van der Waals surface area contributed by atoms with E-state index >= 15 is 0 Å². The highest BCUT2D eigenvalue weighted by Gasteiger charge is 2.20. The van der Waals surface area contributed by atoms with Gasteiger partial charge in [0.1, 0.15) is 0 Å². The van der Waals surface area contributed by atoms with Gasteiger partial charge in [-0.25, -0.2) is 4.79 Å². The van der Waals surface area contributed by atoms with E-state index in [9.17, 15) is 4.79 Å². The first-order valence-electron chi connectivity index (χ1n) is 8.31. The highest BCUT2D eigenvalue weighted by molar-refractivity contribution is 6.00. The summed E-state index contributed by atoms with van der Waals surface area (Å²) >= 11 is 0. The fourth-order valence-electron chi connectivity index (χ4n) is 2.83. The molecule has 3 nitrogen and oxygen atoms in total. The third kappa shape index (κ3) is 3.91. The number of carbonyl (C=O) groups excluding carboxylic acids is 1. The molecule has 0 fully saturated rings. The molecule has 0 aromatic heterocycles. The van der Waals surface area contributed by atoms with Gasteiger partial charge in [-0.15, -0.1) is 0 Å². The minimum Gasteiger partial charge on any atom is -0.465 e. The molecule has 0 radical (unpaired) electrons. The van der Waals surface area contributed by atoms with Crippen molar-refractivity contribution in [3.63, 3.8) is 0 Å². The SMILES string of the molecule is COC(=O)c1cc(CC[C@@H](C)CN)c2ccc(C(C)C)ccc1-2. The van der Waals surface area contributed by atoms with Gasteiger partial charge >= 0.3 is 5.97 Å². The fourth-order valence-corrected chi connectivity index (χ4v) is 2.83. The van der Waals surface area contributed by atoms with Crippen molar-refractivity contribution in [2.75, 3.05) is 13.7 Å². The topological polar surface area (TPSA) is 52.3 Å². The van der Waals surface area contributed by atoms with Crippen LogP contribution < -0.4 is 5.73 Å². The van der Waals surface area contributed by atoms with E-state index in [1.54, 1.807) is 0 Å². The molecule has 0 unspecified atom stereocenters. The zero-order valence-corrected chi connectivity index (χ0v) is 14.6. The molecule has 1 atom stereocenters. The van der Waals surface area contributed by atoms with Crippen LogP contribution >= 0.6 is 0 Å². The average molecular weight is 313 g/mol. The number of hydrogen-bond acceptors (Lipinski definition) is 3. The van der Waals surface area contributed by atoms with Crippen LogP contribution in [-0.2, 0) is 11.2 Å². The monoisotopic (exact) mass is 313 g/mol. The quantitative estimate of drug-likeness (QED) is 0.812. The summed E-state index contributed by atoms with van der Waals surface area (Å²) in [4.78, 5) is 12.1. The number of aryl methyl sites for hydroxylation is 1. The zero-order chi connectivity index (χ0) is 17.0. The maximum atomic E-state index is 12.1. The van der Waals surface area contributed by atoms with Crippen LogP contribution in [-0.4, -0.2) is 19.6 Å². The van der Waals surface area contributed by atoms with Crippen molar-refractivity contribution in [3.05, 3.63) is 47.0 Å². The van der Waals surface area contributed by atoms with Gasteiger partial charge in [-0.3, -0.25) is 0 Å². The second-order valence-electron chi connectivity index (χ2n) is 6.60. The Morgan fingerprint density at radius 2 is 1.78 bits per heavy atom. The van der Waals surface area contributed by atoms with E-state index in [0.717, 1.165) is 24.0 Å². The molecule has 0 saturated carbocycles. The number of hydrogen-bond donors (Lipinski definition) is 1. The molecule has 2 rings (SSSR count). The number of carbonyl (C=O) groups is 1. The first-order chi connectivity index (χ1) is 11.0. The highest BCUT2D eigenvalue weighted by atomic mass is 16.5. The van der Waals surface area contributed by atoms with Gasteiger partial charge in [0, 0.05) is 0 Å². The Balaban J connectivity index is 2.48. The highest BCUT2D eigenvalue weighted by Crippen LogP contribution is 2.34. The van der Waals surface area contributed by atoms with Crippen LogP contribution in [0.5, 0.6) is 0 Å². The second-order valence-corrected chi connectivity index (χ2v) is 6.60. The van der Waals surface area contributed by atoms with Crippen molar-refractivity contribution in [2.24, 2.45) is 11.7 Å². The molecule has 0 aromatic carbocycles. The molecule has 2 aliphatic carbocycles. The normalized spacial score (nSPS) is 12.6. The number of fused-ring (bicyclic) bond motifs is 1. The van der Waals surface area contributed by atoms with E-state index in [2.05, 4.69) is 39.0 Å². The van der Waals surface area contributed by atoms with Crippen LogP contribution in [0.25, 0.3) is 11.1 Å². The average Bonchev–Trinajstić information content (AvgIpc) is 2.74. The van der Waals surface area contributed by atoms with Crippen molar-refractivity contribution in [2.45, 2.75) is 39.5 Å². The molecule has 0 spiro atoms. The van der Waals surface area contributed by atoms with Crippen molar-refractivity contribution in [3.8, 4) is 11.1 Å². The third-order valence-corrected chi connectivity index (χ3v) is 4.51. The van der Waals surface area contributed by atoms with Crippen molar-refractivity contribution >= 4 is 5.97 Å². The van der Waals surface area contributed by atoms with Gasteiger partial charge in [0.2, 0.25) is 0 Å². The van der Waals surface area contributed by atoms with Gasteiger partial charge in [-0.1, -0.05) is 45.0 Å². The Kier molecular flexibility index (Phi) is 5.78. The first kappa shape index (κ1) is 17.5. The summed E-state index contributed by atoms with van der Waals surface area (Å²) in [6, 6.07) is 10.4. The van der Waals surface area contributed by atoms with Crippen molar-refractivity contribution in [1.82, 2.24) is 0 Å². The predicted molar refractivity (Wildman–Crippen MR) is 95.0 cm³/mol. The molecule has 0 amide bonds. The summed E-state index contributed by atoms with van der Waals surface area (Å²) < 4.78 is 4.95. The molecule has 0 aliphatic heterocycles. The molecular weight excluding hydrogens is 286 g/mol. The zero-order valence-electron chi connectivity index (χ0n) is 14.6. The molecule has 0 bridgehead atoms. The van der Waals surface area contributed by atoms with Gasteiger partial charge in [0.25, 0.3) is 0 Å². The molecule has 0 heterocycles. The molecule has 2 aliphatic rings. The van der Waals surface area contributed by atoms with E-state index < -0.39 is 0 Å². The molecule has 2 N–H and O–H groups in total. The Morgan fingerprint density at radius 1 is 1.13 bits per heavy atom. The second kappa shape index (κ2) is 7.60. The largest absolute Gasteiger partial charge is 0.465 e. The van der Waals surface area contributed by atoms with E-state index in [4.69, 9.17) is 10.5 Å². The van der Waals surface area contributed by atoms with E-state index in [0.29, 0.717) is 23.9 Å². The predicted octanol–water partition coefficient (Wildman–Crippen LogP) is 4.23. The van der Waals surface area contributed by atoms with Gasteiger partial charge in [0.05, 0.1) is 12.7 Å². The number of esters is 1. The number of rotatable bonds is 6. The molecule has 124 valence electrons. The van der Waals surface area contributed by atoms with Crippen LogP contribution in [0.2, 0.25) is 0 Å². The molecule has 23 heavy (non-hydrogen) atoms. The van der Waals surface area contributed by atoms with Gasteiger partial charge in [-0.05, 0) is 59.5 Å². The Hall–Kier alpha value is -1.87. The molecule has 0 saturated heterocycles. The maximum Gasteiger partial charge on any atom is 0.338 e. The summed E-state index contributed by atoms with van der Waals surface area (Å²) in [5, 5.41) is 0. The maximum absolute atomic E-state index is 12.1. The lowest BCUT2D eigenvalue weighted by atomic mass is 9.99. The first-order valence-corrected chi connectivity index (χ1v) is 8.31. The van der Waals surface area contributed by atoms with Crippen LogP contribution in [0.1, 0.15) is 54.6 Å². The summed E-state index contributed by atoms with van der Waals surface area (Å²) in [5.74, 6) is 0.657. The lowest BCUT2D eigenvalue weighted by Gasteiger charge is -2.07. The van der Waals surface area contributed by atoms with Crippen LogP contribution in [0.4, 0.5) is 0 Å². The lowest BCUT2D eigenvalue weighted by Crippen LogP contribution is -2.11. The Bertz CT molecular complexity index is 648. The number of nitrogens with two attached hydrogens (primary N) is 1. The van der Waals surface area contributed by atoms with E-state index in [1.165, 1.54) is 18.2 Å². The minimum absolute atomic E-state index is 0.273. The summed E-state index contributed by atoms with van der Waals surface area (Å²) in [5.41, 5.74) is 11.0. The smallest absolute Gasteiger partial charge is 0.338 e. The number of methoxy groups -OCH3 is 1. The molecule has 3 heteroatoms. The standard InChI is InChI=1S/C20H27NO2/c1-13(2)15-7-9-17-16(6-5-14(3)12-21)11-19(20(22)23-4)18(17)10-8-15/h7-11,13-14H,5-6,12,21H2,1-4H3/t14-/m1/s1. The summed E-state index contributed by atoms with van der Waals surface area (Å²) in [6.45, 7) is 7.19. The number of ether oxygens (including phenoxy) is 1. The van der Waals surface area contributed by atoms with Gasteiger partial charge in [0.15, 0.2) is 0 Å². The fraction of sp³-hybridized carbons (Fsp3) is 0.450. The Morgan fingerprint density at radius 3 is 2.35 bits per heavy atom.